The first-order valence-corrected chi connectivity index (χ1v) is 7.38. The molecule has 112 valence electrons. The van der Waals surface area contributed by atoms with Gasteiger partial charge in [-0.05, 0) is 18.6 Å². The Bertz CT molecular complexity index is 663. The summed E-state index contributed by atoms with van der Waals surface area (Å²) in [7, 11) is 0. The molecular formula is C12H16N6O2S. The molecule has 1 amide bonds. The van der Waals surface area contributed by atoms with Crippen LogP contribution in [-0.4, -0.2) is 25.7 Å². The Morgan fingerprint density at radius 1 is 1.52 bits per heavy atom. The summed E-state index contributed by atoms with van der Waals surface area (Å²) in [6, 6.07) is 3.39. The lowest BCUT2D eigenvalue weighted by Crippen LogP contribution is -2.30. The lowest BCUT2D eigenvalue weighted by Gasteiger charge is -2.04. The number of aromatic nitrogens is 4. The van der Waals surface area contributed by atoms with Crippen molar-refractivity contribution in [2.45, 2.75) is 30.8 Å². The van der Waals surface area contributed by atoms with Crippen LogP contribution in [0.1, 0.15) is 29.4 Å². The van der Waals surface area contributed by atoms with E-state index in [0.717, 1.165) is 12.1 Å². The minimum atomic E-state index is -0.384. The van der Waals surface area contributed by atoms with E-state index in [1.165, 1.54) is 18.0 Å². The van der Waals surface area contributed by atoms with Crippen molar-refractivity contribution in [2.24, 2.45) is 5.84 Å². The molecule has 2 rings (SSSR count). The number of carbonyl (C=O) groups excluding carboxylic acids is 1. The third-order valence-electron chi connectivity index (χ3n) is 2.74. The quantitative estimate of drug-likeness (QED) is 0.305. The summed E-state index contributed by atoms with van der Waals surface area (Å²) in [5, 5.41) is 7.06. The third kappa shape index (κ3) is 3.70. The topological polar surface area (TPSA) is 119 Å². The van der Waals surface area contributed by atoms with Gasteiger partial charge in [-0.15, -0.1) is 5.10 Å². The summed E-state index contributed by atoms with van der Waals surface area (Å²) in [6.45, 7) is 2.62. The van der Waals surface area contributed by atoms with Gasteiger partial charge in [-0.25, -0.2) is 15.7 Å². The maximum absolute atomic E-state index is 11.6. The molecule has 0 aliphatic rings. The molecule has 4 N–H and O–H groups in total. The van der Waals surface area contributed by atoms with Gasteiger partial charge >= 0.3 is 5.69 Å². The number of thioether (sulfide) groups is 1. The monoisotopic (exact) mass is 308 g/mol. The largest absolute Gasteiger partial charge is 0.343 e. The zero-order chi connectivity index (χ0) is 15.2. The highest BCUT2D eigenvalue weighted by molar-refractivity contribution is 7.98. The van der Waals surface area contributed by atoms with E-state index < -0.39 is 0 Å². The first-order valence-electron chi connectivity index (χ1n) is 6.39. The van der Waals surface area contributed by atoms with Gasteiger partial charge in [0.2, 0.25) is 0 Å². The molecule has 9 heteroatoms. The van der Waals surface area contributed by atoms with Gasteiger partial charge in [-0.1, -0.05) is 18.7 Å². The van der Waals surface area contributed by atoms with Gasteiger partial charge in [0.15, 0.2) is 5.16 Å². The standard InChI is InChI=1S/C12H16N6O2S/c1-2-5-18-11(20)16-17-12(18)21-7-9-4-3-8(6-14-9)10(19)15-13/h3-4,6H,2,5,7,13H2,1H3,(H,15,19)(H,16,20). The maximum Gasteiger partial charge on any atom is 0.343 e. The molecule has 0 aliphatic carbocycles. The molecule has 0 aliphatic heterocycles. The molecule has 0 saturated carbocycles. The molecular weight excluding hydrogens is 292 g/mol. The molecule has 0 saturated heterocycles. The fourth-order valence-corrected chi connectivity index (χ4v) is 2.59. The van der Waals surface area contributed by atoms with Gasteiger partial charge in [0, 0.05) is 18.5 Å². The second-order valence-corrected chi connectivity index (χ2v) is 5.21. The fraction of sp³-hybridized carbons (Fsp3) is 0.333. The highest BCUT2D eigenvalue weighted by atomic mass is 32.2. The Balaban J connectivity index is 2.03. The van der Waals surface area contributed by atoms with E-state index in [2.05, 4.69) is 15.2 Å². The van der Waals surface area contributed by atoms with Crippen LogP contribution in [0.15, 0.2) is 28.3 Å². The maximum atomic E-state index is 11.6. The number of pyridine rings is 1. The Hall–Kier alpha value is -2.13. The number of amides is 1. The van der Waals surface area contributed by atoms with Gasteiger partial charge < -0.3 is 0 Å². The van der Waals surface area contributed by atoms with Crippen molar-refractivity contribution in [2.75, 3.05) is 0 Å². The smallest absolute Gasteiger partial charge is 0.290 e. The molecule has 0 spiro atoms. The molecule has 8 nitrogen and oxygen atoms in total. The van der Waals surface area contributed by atoms with Crippen LogP contribution in [0.2, 0.25) is 0 Å². The molecule has 21 heavy (non-hydrogen) atoms. The van der Waals surface area contributed by atoms with Crippen molar-refractivity contribution in [1.82, 2.24) is 25.2 Å². The Morgan fingerprint density at radius 3 is 2.95 bits per heavy atom. The number of nitrogens with one attached hydrogen (secondary N) is 2. The number of carbonyl (C=O) groups is 1. The fourth-order valence-electron chi connectivity index (χ4n) is 1.70. The molecule has 0 bridgehead atoms. The number of H-pyrrole nitrogens is 1. The van der Waals surface area contributed by atoms with Gasteiger partial charge in [-0.2, -0.15) is 0 Å². The predicted octanol–water partition coefficient (Wildman–Crippen LogP) is 0.272. The van der Waals surface area contributed by atoms with Crippen LogP contribution in [0, 0.1) is 0 Å². The summed E-state index contributed by atoms with van der Waals surface area (Å²) < 4.78 is 1.60. The normalized spacial score (nSPS) is 10.6. The lowest BCUT2D eigenvalue weighted by molar-refractivity contribution is 0.0953. The van der Waals surface area contributed by atoms with Crippen molar-refractivity contribution < 1.29 is 4.79 Å². The van der Waals surface area contributed by atoms with E-state index in [-0.39, 0.29) is 11.6 Å². The summed E-state index contributed by atoms with van der Waals surface area (Å²) in [6.07, 6.45) is 2.32. The van der Waals surface area contributed by atoms with Crippen LogP contribution in [-0.2, 0) is 12.3 Å². The van der Waals surface area contributed by atoms with E-state index in [1.54, 1.807) is 16.7 Å². The zero-order valence-corrected chi connectivity index (χ0v) is 12.3. The zero-order valence-electron chi connectivity index (χ0n) is 11.5. The van der Waals surface area contributed by atoms with Gasteiger partial charge in [0.05, 0.1) is 11.3 Å². The van der Waals surface area contributed by atoms with Gasteiger partial charge in [-0.3, -0.25) is 19.8 Å². The van der Waals surface area contributed by atoms with Crippen LogP contribution < -0.4 is 17.0 Å². The lowest BCUT2D eigenvalue weighted by atomic mass is 10.2. The van der Waals surface area contributed by atoms with E-state index in [4.69, 9.17) is 5.84 Å². The van der Waals surface area contributed by atoms with Crippen molar-refractivity contribution in [1.29, 1.82) is 0 Å². The molecule has 2 aromatic heterocycles. The van der Waals surface area contributed by atoms with E-state index >= 15 is 0 Å². The number of nitrogens with zero attached hydrogens (tertiary/aromatic N) is 3. The molecule has 0 unspecified atom stereocenters. The van der Waals surface area contributed by atoms with Crippen molar-refractivity contribution in [3.8, 4) is 0 Å². The number of hydrogen-bond donors (Lipinski definition) is 3. The van der Waals surface area contributed by atoms with Gasteiger partial charge in [0.1, 0.15) is 0 Å². The summed E-state index contributed by atoms with van der Waals surface area (Å²) in [4.78, 5) is 27.0. The Kier molecular flexibility index (Phi) is 5.12. The second kappa shape index (κ2) is 7.04. The number of hydrazine groups is 1. The van der Waals surface area contributed by atoms with E-state index in [9.17, 15) is 9.59 Å². The average molecular weight is 308 g/mol. The summed E-state index contributed by atoms with van der Waals surface area (Å²) in [5.74, 6) is 5.22. The molecule has 0 radical (unpaired) electrons. The number of nitrogens with two attached hydrogens (primary N) is 1. The number of nitrogen functional groups attached to an aromatic ring is 1. The minimum Gasteiger partial charge on any atom is -0.290 e. The van der Waals surface area contributed by atoms with Crippen LogP contribution in [0.5, 0.6) is 0 Å². The number of rotatable bonds is 6. The molecule has 2 heterocycles. The van der Waals surface area contributed by atoms with Crippen molar-refractivity contribution in [3.63, 3.8) is 0 Å². The summed E-state index contributed by atoms with van der Waals surface area (Å²) >= 11 is 1.41. The van der Waals surface area contributed by atoms with Crippen LogP contribution in [0.25, 0.3) is 0 Å². The minimum absolute atomic E-state index is 0.206. The molecule has 0 atom stereocenters. The van der Waals surface area contributed by atoms with Crippen LogP contribution in [0.4, 0.5) is 0 Å². The number of aromatic amines is 1. The molecule has 2 aromatic rings. The Labute approximate surface area is 125 Å². The van der Waals surface area contributed by atoms with E-state index in [0.29, 0.717) is 23.0 Å². The van der Waals surface area contributed by atoms with Gasteiger partial charge in [0.25, 0.3) is 5.91 Å². The van der Waals surface area contributed by atoms with Crippen molar-refractivity contribution in [3.05, 3.63) is 40.1 Å². The SMILES string of the molecule is CCCn1c(SCc2ccc(C(=O)NN)cn2)n[nH]c1=O. The Morgan fingerprint density at radius 2 is 2.33 bits per heavy atom. The van der Waals surface area contributed by atoms with Crippen LogP contribution >= 0.6 is 11.8 Å². The third-order valence-corrected chi connectivity index (χ3v) is 3.75. The number of hydrogen-bond acceptors (Lipinski definition) is 6. The van der Waals surface area contributed by atoms with Crippen LogP contribution in [0.3, 0.4) is 0 Å². The summed E-state index contributed by atoms with van der Waals surface area (Å²) in [5.41, 5.74) is 3.02. The van der Waals surface area contributed by atoms with E-state index in [1.807, 2.05) is 12.3 Å². The second-order valence-electron chi connectivity index (χ2n) is 4.26. The molecule has 0 fully saturated rings. The molecule has 0 aromatic carbocycles. The highest BCUT2D eigenvalue weighted by Gasteiger charge is 2.09. The first kappa shape index (κ1) is 15.3. The highest BCUT2D eigenvalue weighted by Crippen LogP contribution is 2.18. The van der Waals surface area contributed by atoms with Crippen molar-refractivity contribution >= 4 is 17.7 Å². The first-order chi connectivity index (χ1) is 10.2. The average Bonchev–Trinajstić information content (AvgIpc) is 2.86. The predicted molar refractivity (Wildman–Crippen MR) is 78.6 cm³/mol.